The zero-order valence-electron chi connectivity index (χ0n) is 45.7. The quantitative estimate of drug-likeness (QED) is 0.0255. The maximum atomic E-state index is 11.8. The second-order valence-electron chi connectivity index (χ2n) is 20.1. The summed E-state index contributed by atoms with van der Waals surface area (Å²) in [5, 5.41) is 254. The fraction of sp³-hybridized carbons (Fsp3) is 0.872. The Labute approximate surface area is 481 Å². The Morgan fingerprint density at radius 3 is 1.38 bits per heavy atom. The van der Waals surface area contributed by atoms with Crippen LogP contribution >= 0.6 is 0 Å². The molecule has 0 aromatic rings. The third-order valence-corrected chi connectivity index (χ3v) is 14.1. The van der Waals surface area contributed by atoms with Gasteiger partial charge in [-0.15, -0.1) is 0 Å². The summed E-state index contributed by atoms with van der Waals surface area (Å²) in [6, 6.07) is 0. The Morgan fingerprint density at radius 2 is 0.871 bits per heavy atom. The van der Waals surface area contributed by atoms with Crippen LogP contribution in [-0.4, -0.2) is 361 Å². The van der Waals surface area contributed by atoms with Gasteiger partial charge in [0.25, 0.3) is 0 Å². The highest BCUT2D eigenvalue weighted by molar-refractivity contribution is 5.09. The molecule has 29 unspecified atom stereocenters. The molecule has 5 heterocycles. The molecule has 5 aliphatic rings. The van der Waals surface area contributed by atoms with E-state index in [2.05, 4.69) is 0 Å². The number of hydrogen-bond acceptors (Lipinski definition) is 38. The molecule has 5 saturated heterocycles. The van der Waals surface area contributed by atoms with Gasteiger partial charge in [-0.05, 0) is 13.8 Å². The number of ether oxygens (including phenoxy) is 14. The third kappa shape index (κ3) is 17.4. The molecule has 0 saturated carbocycles. The summed E-state index contributed by atoms with van der Waals surface area (Å²) in [7, 11) is 2.09. The van der Waals surface area contributed by atoms with Crippen LogP contribution in [0.3, 0.4) is 0 Å². The Balaban J connectivity index is 1.48. The van der Waals surface area contributed by atoms with E-state index in [-0.39, 0.29) is 0 Å². The average Bonchev–Trinajstić information content (AvgIpc) is 2.20. The fourth-order valence-electron chi connectivity index (χ4n) is 9.13. The van der Waals surface area contributed by atoms with Crippen LogP contribution in [0.15, 0.2) is 34.6 Å². The number of hydrogen-bond donors (Lipinski definition) is 24. The van der Waals surface area contributed by atoms with E-state index in [1.807, 2.05) is 0 Å². The van der Waals surface area contributed by atoms with E-state index in [4.69, 9.17) is 66.3 Å². The van der Waals surface area contributed by atoms with Crippen LogP contribution in [0.4, 0.5) is 0 Å². The van der Waals surface area contributed by atoms with Crippen molar-refractivity contribution in [3.63, 3.8) is 0 Å². The molecular weight excluding hydrogens is 1170 g/mol. The Kier molecular flexibility index (Phi) is 27.7. The van der Waals surface area contributed by atoms with Crippen molar-refractivity contribution in [3.8, 4) is 0 Å². The van der Waals surface area contributed by atoms with Crippen molar-refractivity contribution in [2.75, 3.05) is 53.9 Å². The van der Waals surface area contributed by atoms with Gasteiger partial charge in [0.1, 0.15) is 134 Å². The minimum atomic E-state index is -2.76. The van der Waals surface area contributed by atoms with Crippen LogP contribution in [0.5, 0.6) is 0 Å². The van der Waals surface area contributed by atoms with Gasteiger partial charge < -0.3 is 189 Å². The van der Waals surface area contributed by atoms with Crippen molar-refractivity contribution in [3.05, 3.63) is 34.6 Å². The van der Waals surface area contributed by atoms with Gasteiger partial charge >= 0.3 is 0 Å². The van der Waals surface area contributed by atoms with Crippen molar-refractivity contribution in [1.82, 2.24) is 0 Å². The van der Waals surface area contributed by atoms with Crippen LogP contribution in [0, 0.1) is 0 Å². The molecule has 496 valence electrons. The van der Waals surface area contributed by atoms with E-state index in [0.29, 0.717) is 0 Å². The van der Waals surface area contributed by atoms with Gasteiger partial charge in [-0.1, -0.05) is 0 Å². The van der Waals surface area contributed by atoms with Crippen LogP contribution in [0.2, 0.25) is 0 Å². The molecule has 0 radical (unpaired) electrons. The second-order valence-corrected chi connectivity index (χ2v) is 20.1. The highest BCUT2D eigenvalue weighted by atomic mass is 16.8. The monoisotopic (exact) mass is 1250 g/mol. The standard InChI is InChI=1S/C47H80O38/c1-12(50)20(53)29(62)40(69)74-6-5-15(72-3)23(56)31(64)42(71)82-37-19(11-77-47-39(22(55)14(52)9-76-47)85-44-32(65)25(58)24(57)16(7-48)78-44)81-46(34(67)27(37)60)84-38-18(10-75-41(70)30(63)21(54)13(2)51)80-45(35(68)28(38)61)83-36-17(8-49)79-43(73-4)33(66)26(36)59/h12-19,22,24-28,32-71H,5-11H2,1-4H3/b29-20+,30-21+,31-23-/t12?,13?,14-,15?,16?,17?,18?,19?,22?,24?,25?,26?,27?,28?,32?,33?,34?,35?,36?,37?,38?,39?,40?,41?,42?,43?,44?,45?,46?,47?/m0/s1. The minimum Gasteiger partial charge on any atom is -0.506 e. The number of rotatable bonds is 28. The summed E-state index contributed by atoms with van der Waals surface area (Å²) >= 11 is 0. The second kappa shape index (κ2) is 32.5. The van der Waals surface area contributed by atoms with Crippen molar-refractivity contribution < 1.29 is 189 Å². The first-order chi connectivity index (χ1) is 39.9. The summed E-state index contributed by atoms with van der Waals surface area (Å²) in [6.45, 7) is -3.35. The Bertz CT molecular complexity index is 2120. The third-order valence-electron chi connectivity index (χ3n) is 14.1. The van der Waals surface area contributed by atoms with Gasteiger partial charge in [0, 0.05) is 20.6 Å². The predicted octanol–water partition coefficient (Wildman–Crippen LogP) is -10.5. The lowest BCUT2D eigenvalue weighted by Gasteiger charge is -2.49. The van der Waals surface area contributed by atoms with Gasteiger partial charge in [0.05, 0.1) is 39.6 Å². The Hall–Kier alpha value is -3.26. The van der Waals surface area contributed by atoms with E-state index in [1.165, 1.54) is 0 Å². The topological polar surface area (TPSA) is 615 Å². The largest absolute Gasteiger partial charge is 0.506 e. The molecule has 30 atom stereocenters. The maximum absolute atomic E-state index is 11.8. The molecule has 38 heteroatoms. The van der Waals surface area contributed by atoms with Gasteiger partial charge in [0.2, 0.25) is 18.9 Å². The van der Waals surface area contributed by atoms with Crippen LogP contribution in [-0.2, 0) is 66.3 Å². The van der Waals surface area contributed by atoms with Gasteiger partial charge in [-0.3, -0.25) is 0 Å². The van der Waals surface area contributed by atoms with E-state index in [0.717, 1.165) is 28.1 Å². The lowest BCUT2D eigenvalue weighted by Crippen LogP contribution is -2.67. The van der Waals surface area contributed by atoms with E-state index in [9.17, 15) is 123 Å². The smallest absolute Gasteiger partial charge is 0.218 e. The van der Waals surface area contributed by atoms with E-state index >= 15 is 0 Å². The molecule has 5 rings (SSSR count). The van der Waals surface area contributed by atoms with Crippen molar-refractivity contribution in [2.45, 2.75) is 205 Å². The number of aliphatic hydroxyl groups excluding tert-OH is 24. The van der Waals surface area contributed by atoms with Gasteiger partial charge in [0.15, 0.2) is 66.0 Å². The first-order valence-corrected chi connectivity index (χ1v) is 26.2. The van der Waals surface area contributed by atoms with Crippen molar-refractivity contribution >= 4 is 0 Å². The lowest BCUT2D eigenvalue weighted by atomic mass is 9.96. The summed E-state index contributed by atoms with van der Waals surface area (Å²) in [5.41, 5.74) is 0. The molecule has 85 heavy (non-hydrogen) atoms. The number of aliphatic hydroxyl groups is 24. The summed E-state index contributed by atoms with van der Waals surface area (Å²) in [4.78, 5) is 0. The molecule has 0 aromatic carbocycles. The summed E-state index contributed by atoms with van der Waals surface area (Å²) < 4.78 is 77.1. The van der Waals surface area contributed by atoms with Crippen LogP contribution in [0.1, 0.15) is 20.3 Å². The zero-order chi connectivity index (χ0) is 63.6. The molecular formula is C47H80O38. The van der Waals surface area contributed by atoms with E-state index in [1.54, 1.807) is 0 Å². The normalized spacial score (nSPS) is 41.6. The van der Waals surface area contributed by atoms with Crippen LogP contribution < -0.4 is 0 Å². The van der Waals surface area contributed by atoms with Gasteiger partial charge in [-0.2, -0.15) is 0 Å². The van der Waals surface area contributed by atoms with Crippen LogP contribution in [0.25, 0.3) is 0 Å². The van der Waals surface area contributed by atoms with Crippen molar-refractivity contribution in [2.24, 2.45) is 0 Å². The number of methoxy groups -OCH3 is 2. The summed E-state index contributed by atoms with van der Waals surface area (Å²) in [6.07, 6.45) is -61.4. The first kappa shape index (κ1) is 72.5. The molecule has 0 bridgehead atoms. The van der Waals surface area contributed by atoms with E-state index < -0.39 is 265 Å². The first-order valence-electron chi connectivity index (χ1n) is 26.2. The zero-order valence-corrected chi connectivity index (χ0v) is 45.7. The molecule has 0 spiro atoms. The molecule has 5 fully saturated rings. The average molecular weight is 1250 g/mol. The fourth-order valence-corrected chi connectivity index (χ4v) is 9.13. The van der Waals surface area contributed by atoms with Crippen molar-refractivity contribution in [1.29, 1.82) is 0 Å². The molecule has 38 nitrogen and oxygen atoms in total. The minimum absolute atomic E-state index is 0.514. The molecule has 0 aliphatic carbocycles. The summed E-state index contributed by atoms with van der Waals surface area (Å²) in [5.74, 6) is -7.43. The molecule has 24 N–H and O–H groups in total. The van der Waals surface area contributed by atoms with Gasteiger partial charge in [-0.25, -0.2) is 0 Å². The molecule has 0 aromatic heterocycles. The maximum Gasteiger partial charge on any atom is 0.218 e. The molecule has 5 aliphatic heterocycles. The molecule has 0 amide bonds. The lowest BCUT2D eigenvalue weighted by molar-refractivity contribution is -0.387. The predicted molar refractivity (Wildman–Crippen MR) is 263 cm³/mol. The Morgan fingerprint density at radius 1 is 0.435 bits per heavy atom. The SMILES string of the molecule is COC(CCOC(O)/C(O)=C(\O)C(C)O)/C(O)=C(/O)C(O)OC1C(COC2OC[C@H](O)C(O)C2OC2OC(CO)C(O)C(O)C2O)OC(OC2C(COC(O)/C(O)=C(\O)C(C)O)OC(OC3C(CO)OC(OC)C(O)C3O)C(O)C2O)C(O)C1O. The highest BCUT2D eigenvalue weighted by Crippen LogP contribution is 2.36. The highest BCUT2D eigenvalue weighted by Gasteiger charge is 2.56.